The first-order chi connectivity index (χ1) is 13.2. The smallest absolute Gasteiger partial charge is 0.264 e. The van der Waals surface area contributed by atoms with Gasteiger partial charge in [0.25, 0.3) is 5.91 Å². The number of nitrogens with zero attached hydrogens (tertiary/aromatic N) is 1. The van der Waals surface area contributed by atoms with E-state index in [0.717, 1.165) is 34.6 Å². The highest BCUT2D eigenvalue weighted by Crippen LogP contribution is 2.39. The van der Waals surface area contributed by atoms with Crippen molar-refractivity contribution in [3.05, 3.63) is 58.7 Å². The van der Waals surface area contributed by atoms with Gasteiger partial charge in [0.2, 0.25) is 0 Å². The lowest BCUT2D eigenvalue weighted by Crippen LogP contribution is -2.30. The second-order valence-electron chi connectivity index (χ2n) is 6.82. The van der Waals surface area contributed by atoms with Crippen molar-refractivity contribution in [1.29, 1.82) is 0 Å². The third-order valence-corrected chi connectivity index (χ3v) is 6.27. The zero-order chi connectivity index (χ0) is 18.4. The van der Waals surface area contributed by atoms with Crippen molar-refractivity contribution in [2.75, 3.05) is 19.8 Å². The van der Waals surface area contributed by atoms with Crippen LogP contribution in [0.1, 0.15) is 34.1 Å². The molecule has 0 bridgehead atoms. The van der Waals surface area contributed by atoms with E-state index in [9.17, 15) is 9.18 Å². The fourth-order valence-electron chi connectivity index (χ4n) is 3.90. The summed E-state index contributed by atoms with van der Waals surface area (Å²) in [7, 11) is 0. The van der Waals surface area contributed by atoms with Crippen molar-refractivity contribution in [3.63, 3.8) is 0 Å². The van der Waals surface area contributed by atoms with Crippen molar-refractivity contribution in [2.45, 2.75) is 18.9 Å². The summed E-state index contributed by atoms with van der Waals surface area (Å²) in [5.74, 6) is 1.17. The molecule has 0 radical (unpaired) electrons. The highest BCUT2D eigenvalue weighted by molar-refractivity contribution is 7.20. The molecule has 1 saturated heterocycles. The van der Waals surface area contributed by atoms with Gasteiger partial charge in [0.05, 0.1) is 10.9 Å². The number of hydrogen-bond donors (Lipinski definition) is 0. The number of halogens is 1. The van der Waals surface area contributed by atoms with Crippen LogP contribution in [0.5, 0.6) is 11.5 Å². The molecule has 2 aliphatic rings. The van der Waals surface area contributed by atoms with Crippen LogP contribution in [0.2, 0.25) is 0 Å². The minimum atomic E-state index is -0.285. The Balaban J connectivity index is 1.46. The van der Waals surface area contributed by atoms with Gasteiger partial charge in [-0.1, -0.05) is 12.1 Å². The van der Waals surface area contributed by atoms with E-state index in [-0.39, 0.29) is 17.8 Å². The van der Waals surface area contributed by atoms with Crippen LogP contribution in [-0.2, 0) is 0 Å². The second kappa shape index (κ2) is 6.53. The van der Waals surface area contributed by atoms with Gasteiger partial charge in [0, 0.05) is 16.6 Å². The summed E-state index contributed by atoms with van der Waals surface area (Å²) in [6.07, 6.45) is 1.86. The molecule has 1 atom stereocenters. The molecule has 1 amide bonds. The van der Waals surface area contributed by atoms with E-state index in [1.807, 2.05) is 29.2 Å². The van der Waals surface area contributed by atoms with E-state index in [1.165, 1.54) is 17.4 Å². The van der Waals surface area contributed by atoms with Gasteiger partial charge in [0.1, 0.15) is 19.0 Å². The van der Waals surface area contributed by atoms with Gasteiger partial charge >= 0.3 is 0 Å². The van der Waals surface area contributed by atoms with E-state index >= 15 is 0 Å². The number of benzene rings is 2. The Hall–Kier alpha value is -2.60. The van der Waals surface area contributed by atoms with Gasteiger partial charge in [-0.15, -0.1) is 11.3 Å². The lowest BCUT2D eigenvalue weighted by molar-refractivity contribution is 0.0740. The number of fused-ring (bicyclic) bond motifs is 2. The number of rotatable bonds is 2. The fraction of sp³-hybridized carbons (Fsp3) is 0.286. The maximum atomic E-state index is 14.0. The molecule has 138 valence electrons. The average Bonchev–Trinajstić information content (AvgIpc) is 3.35. The molecule has 4 nitrogen and oxygen atoms in total. The summed E-state index contributed by atoms with van der Waals surface area (Å²) in [6.45, 7) is 1.80. The van der Waals surface area contributed by atoms with Gasteiger partial charge in [0.15, 0.2) is 11.5 Å². The number of carbonyl (C=O) groups excluding carboxylic acids is 1. The third kappa shape index (κ3) is 2.84. The normalized spacial score (nSPS) is 18.9. The van der Waals surface area contributed by atoms with Crippen molar-refractivity contribution < 1.29 is 18.7 Å². The largest absolute Gasteiger partial charge is 0.486 e. The van der Waals surface area contributed by atoms with Crippen molar-refractivity contribution >= 4 is 27.3 Å². The van der Waals surface area contributed by atoms with Crippen molar-refractivity contribution in [3.8, 4) is 11.5 Å². The van der Waals surface area contributed by atoms with E-state index < -0.39 is 0 Å². The molecular formula is C21H18FNO3S. The molecule has 2 aliphatic heterocycles. The molecule has 0 N–H and O–H groups in total. The van der Waals surface area contributed by atoms with Crippen LogP contribution in [0.15, 0.2) is 42.5 Å². The number of amides is 1. The lowest BCUT2D eigenvalue weighted by Gasteiger charge is -2.26. The predicted molar refractivity (Wildman–Crippen MR) is 102 cm³/mol. The number of ether oxygens (including phenoxy) is 2. The van der Waals surface area contributed by atoms with Crippen LogP contribution in [0.3, 0.4) is 0 Å². The summed E-state index contributed by atoms with van der Waals surface area (Å²) >= 11 is 1.35. The molecule has 5 rings (SSSR count). The maximum Gasteiger partial charge on any atom is 0.264 e. The highest BCUT2D eigenvalue weighted by atomic mass is 32.1. The third-order valence-electron chi connectivity index (χ3n) is 5.18. The van der Waals surface area contributed by atoms with E-state index in [1.54, 1.807) is 12.1 Å². The molecule has 27 heavy (non-hydrogen) atoms. The minimum absolute atomic E-state index is 0.00313. The van der Waals surface area contributed by atoms with E-state index in [0.29, 0.717) is 30.0 Å². The first-order valence-corrected chi connectivity index (χ1v) is 9.91. The number of likely N-dealkylation sites (tertiary alicyclic amines) is 1. The Kier molecular flexibility index (Phi) is 4.01. The molecule has 1 fully saturated rings. The number of hydrogen-bond acceptors (Lipinski definition) is 4. The molecular weight excluding hydrogens is 365 g/mol. The lowest BCUT2D eigenvalue weighted by atomic mass is 10.0. The number of thiophene rings is 1. The van der Waals surface area contributed by atoms with Gasteiger partial charge in [-0.3, -0.25) is 4.79 Å². The summed E-state index contributed by atoms with van der Waals surface area (Å²) in [5, 5.41) is 0.515. The van der Waals surface area contributed by atoms with Gasteiger partial charge in [-0.25, -0.2) is 4.39 Å². The molecule has 0 aliphatic carbocycles. The zero-order valence-corrected chi connectivity index (χ0v) is 15.4. The Bertz CT molecular complexity index is 1030. The van der Waals surface area contributed by atoms with Gasteiger partial charge < -0.3 is 14.4 Å². The molecule has 3 heterocycles. The quantitative estimate of drug-likeness (QED) is 0.639. The van der Waals surface area contributed by atoms with Crippen molar-refractivity contribution in [1.82, 2.24) is 4.90 Å². The molecule has 3 aromatic rings. The van der Waals surface area contributed by atoms with Crippen LogP contribution in [0.4, 0.5) is 4.39 Å². The minimum Gasteiger partial charge on any atom is -0.486 e. The number of carbonyl (C=O) groups is 1. The topological polar surface area (TPSA) is 38.8 Å². The molecule has 2 aromatic carbocycles. The molecule has 6 heteroatoms. The van der Waals surface area contributed by atoms with E-state index in [2.05, 4.69) is 0 Å². The standard InChI is InChI=1S/C21H18FNO3S/c22-15-3-1-5-19-14(15)12-20(27-19)21(24)23-8-2-4-16(23)13-6-7-17-18(11-13)26-10-9-25-17/h1,3,5-7,11-12,16H,2,4,8-10H2. The molecule has 1 aromatic heterocycles. The van der Waals surface area contributed by atoms with Crippen LogP contribution >= 0.6 is 11.3 Å². The van der Waals surface area contributed by atoms with Gasteiger partial charge in [-0.2, -0.15) is 0 Å². The zero-order valence-electron chi connectivity index (χ0n) is 14.6. The summed E-state index contributed by atoms with van der Waals surface area (Å²) in [5.41, 5.74) is 1.05. The monoisotopic (exact) mass is 383 g/mol. The fourth-order valence-corrected chi connectivity index (χ4v) is 4.93. The van der Waals surface area contributed by atoms with E-state index in [4.69, 9.17) is 9.47 Å². The van der Waals surface area contributed by atoms with Crippen molar-refractivity contribution in [2.24, 2.45) is 0 Å². The Morgan fingerprint density at radius 1 is 1.11 bits per heavy atom. The summed E-state index contributed by atoms with van der Waals surface area (Å²) in [6, 6.07) is 12.5. The predicted octanol–water partition coefficient (Wildman–Crippen LogP) is 4.79. The Morgan fingerprint density at radius 2 is 1.96 bits per heavy atom. The SMILES string of the molecule is O=C(c1cc2c(F)cccc2s1)N1CCCC1c1ccc2c(c1)OCCO2. The first kappa shape index (κ1) is 16.6. The average molecular weight is 383 g/mol. The first-order valence-electron chi connectivity index (χ1n) is 9.09. The summed E-state index contributed by atoms with van der Waals surface area (Å²) in [4.78, 5) is 15.6. The van der Waals surface area contributed by atoms with Crippen LogP contribution in [-0.4, -0.2) is 30.6 Å². The maximum absolute atomic E-state index is 14.0. The van der Waals surface area contributed by atoms with Crippen LogP contribution in [0, 0.1) is 5.82 Å². The Morgan fingerprint density at radius 3 is 2.81 bits per heavy atom. The van der Waals surface area contributed by atoms with Crippen LogP contribution in [0.25, 0.3) is 10.1 Å². The molecule has 0 spiro atoms. The molecule has 1 unspecified atom stereocenters. The summed E-state index contributed by atoms with van der Waals surface area (Å²) < 4.78 is 26.1. The Labute approximate surface area is 160 Å². The molecule has 0 saturated carbocycles. The highest BCUT2D eigenvalue weighted by Gasteiger charge is 2.32. The van der Waals surface area contributed by atoms with Gasteiger partial charge in [-0.05, 0) is 48.7 Å². The van der Waals surface area contributed by atoms with Crippen LogP contribution < -0.4 is 9.47 Å². The second-order valence-corrected chi connectivity index (χ2v) is 7.91.